The highest BCUT2D eigenvalue weighted by Crippen LogP contribution is 2.32. The highest BCUT2D eigenvalue weighted by molar-refractivity contribution is 7.92. The minimum Gasteiger partial charge on any atom is -0.312 e. The summed E-state index contributed by atoms with van der Waals surface area (Å²) in [6.45, 7) is 5.59. The maximum atomic E-state index is 12.6. The molecule has 0 aliphatic rings. The molecule has 0 unspecified atom stereocenters. The Hall–Kier alpha value is -3.15. The molecule has 1 aromatic heterocycles. The van der Waals surface area contributed by atoms with E-state index < -0.39 is 15.9 Å². The van der Waals surface area contributed by atoms with Crippen molar-refractivity contribution in [2.45, 2.75) is 25.7 Å². The van der Waals surface area contributed by atoms with E-state index in [0.717, 1.165) is 16.0 Å². The third kappa shape index (κ3) is 4.47. The minimum absolute atomic E-state index is 0.140. The summed E-state index contributed by atoms with van der Waals surface area (Å²) in [4.78, 5) is 13.7. The van der Waals surface area contributed by atoms with E-state index in [2.05, 4.69) is 16.1 Å². The molecule has 0 aliphatic heterocycles. The summed E-state index contributed by atoms with van der Waals surface area (Å²) in [6.07, 6.45) is 0. The zero-order valence-electron chi connectivity index (χ0n) is 16.1. The second-order valence-corrected chi connectivity index (χ2v) is 9.46. The lowest BCUT2D eigenvalue weighted by atomic mass is 10.1. The molecule has 6 nitrogen and oxygen atoms in total. The first-order chi connectivity index (χ1) is 13.7. The van der Waals surface area contributed by atoms with Crippen LogP contribution in [0.2, 0.25) is 0 Å². The van der Waals surface area contributed by atoms with Crippen LogP contribution >= 0.6 is 11.3 Å². The zero-order valence-corrected chi connectivity index (χ0v) is 17.7. The quantitative estimate of drug-likeness (QED) is 0.624. The van der Waals surface area contributed by atoms with Gasteiger partial charge in [0.2, 0.25) is 0 Å². The van der Waals surface area contributed by atoms with E-state index in [-0.39, 0.29) is 16.1 Å². The number of nitrogens with zero attached hydrogens (tertiary/aromatic N) is 1. The summed E-state index contributed by atoms with van der Waals surface area (Å²) in [6, 6.07) is 14.8. The Morgan fingerprint density at radius 2 is 1.76 bits per heavy atom. The Kier molecular flexibility index (Phi) is 5.73. The van der Waals surface area contributed by atoms with Crippen LogP contribution in [-0.4, -0.2) is 14.3 Å². The van der Waals surface area contributed by atoms with Crippen molar-refractivity contribution in [3.8, 4) is 6.07 Å². The first-order valence-corrected chi connectivity index (χ1v) is 11.0. The van der Waals surface area contributed by atoms with E-state index in [1.807, 2.05) is 20.8 Å². The average molecular weight is 426 g/mol. The van der Waals surface area contributed by atoms with Gasteiger partial charge in [0, 0.05) is 16.1 Å². The van der Waals surface area contributed by atoms with Crippen LogP contribution in [-0.2, 0) is 10.0 Å². The summed E-state index contributed by atoms with van der Waals surface area (Å²) < 4.78 is 27.6. The van der Waals surface area contributed by atoms with Crippen molar-refractivity contribution < 1.29 is 13.2 Å². The Morgan fingerprint density at radius 1 is 1.07 bits per heavy atom. The van der Waals surface area contributed by atoms with E-state index in [4.69, 9.17) is 0 Å². The molecule has 8 heteroatoms. The minimum atomic E-state index is -3.77. The number of aryl methyl sites for hydroxylation is 2. The number of nitriles is 1. The molecule has 0 bridgehead atoms. The van der Waals surface area contributed by atoms with E-state index in [0.29, 0.717) is 10.6 Å². The van der Waals surface area contributed by atoms with Gasteiger partial charge in [-0.05, 0) is 56.7 Å². The molecule has 148 valence electrons. The van der Waals surface area contributed by atoms with Crippen molar-refractivity contribution in [2.24, 2.45) is 0 Å². The van der Waals surface area contributed by atoms with Crippen LogP contribution in [0.3, 0.4) is 0 Å². The summed E-state index contributed by atoms with van der Waals surface area (Å²) in [5.41, 5.74) is 2.79. The molecule has 3 rings (SSSR count). The van der Waals surface area contributed by atoms with Crippen LogP contribution in [0.1, 0.15) is 31.9 Å². The van der Waals surface area contributed by atoms with Crippen LogP contribution in [0, 0.1) is 32.1 Å². The first-order valence-electron chi connectivity index (χ1n) is 8.72. The number of rotatable bonds is 5. The number of benzene rings is 2. The van der Waals surface area contributed by atoms with Gasteiger partial charge < -0.3 is 5.32 Å². The summed E-state index contributed by atoms with van der Waals surface area (Å²) in [7, 11) is -3.77. The summed E-state index contributed by atoms with van der Waals surface area (Å²) >= 11 is 1.34. The highest BCUT2D eigenvalue weighted by atomic mass is 32.2. The lowest BCUT2D eigenvalue weighted by Gasteiger charge is -2.10. The van der Waals surface area contributed by atoms with Crippen molar-refractivity contribution >= 4 is 38.0 Å². The average Bonchev–Trinajstić information content (AvgIpc) is 2.94. The number of anilines is 2. The molecule has 29 heavy (non-hydrogen) atoms. The standard InChI is InChI=1S/C21H19N3O3S2/c1-13-7-9-18(10-8-13)29(26,27)24-17-6-4-5-16(11-17)20(25)23-21-19(12-22)14(2)15(3)28-21/h4-11,24H,1-3H3,(H,23,25). The van der Waals surface area contributed by atoms with Gasteiger partial charge in [0.05, 0.1) is 10.5 Å². The normalized spacial score (nSPS) is 11.0. The van der Waals surface area contributed by atoms with Gasteiger partial charge in [-0.3, -0.25) is 9.52 Å². The van der Waals surface area contributed by atoms with Crippen molar-refractivity contribution in [1.82, 2.24) is 0 Å². The van der Waals surface area contributed by atoms with Gasteiger partial charge in [0.15, 0.2) is 0 Å². The molecule has 0 saturated heterocycles. The smallest absolute Gasteiger partial charge is 0.261 e. The Morgan fingerprint density at radius 3 is 2.41 bits per heavy atom. The second kappa shape index (κ2) is 8.07. The van der Waals surface area contributed by atoms with Crippen molar-refractivity contribution in [1.29, 1.82) is 5.26 Å². The predicted octanol–water partition coefficient (Wildman–Crippen LogP) is 4.60. The second-order valence-electron chi connectivity index (χ2n) is 6.55. The summed E-state index contributed by atoms with van der Waals surface area (Å²) in [5.74, 6) is -0.417. The van der Waals surface area contributed by atoms with Crippen molar-refractivity contribution in [2.75, 3.05) is 10.0 Å². The molecule has 0 atom stereocenters. The third-order valence-corrected chi connectivity index (χ3v) is 6.95. The molecule has 3 aromatic rings. The largest absolute Gasteiger partial charge is 0.312 e. The van der Waals surface area contributed by atoms with Crippen LogP contribution in [0.25, 0.3) is 0 Å². The molecule has 0 saturated carbocycles. The van der Waals surface area contributed by atoms with E-state index in [9.17, 15) is 18.5 Å². The van der Waals surface area contributed by atoms with Crippen LogP contribution < -0.4 is 10.0 Å². The van der Waals surface area contributed by atoms with Crippen molar-refractivity contribution in [3.05, 3.63) is 75.7 Å². The van der Waals surface area contributed by atoms with E-state index >= 15 is 0 Å². The molecular formula is C21H19N3O3S2. The molecular weight excluding hydrogens is 406 g/mol. The van der Waals surface area contributed by atoms with Gasteiger partial charge in [-0.2, -0.15) is 5.26 Å². The number of hydrogen-bond acceptors (Lipinski definition) is 5. The van der Waals surface area contributed by atoms with Gasteiger partial charge >= 0.3 is 0 Å². The number of hydrogen-bond donors (Lipinski definition) is 2. The van der Waals surface area contributed by atoms with Gasteiger partial charge in [-0.1, -0.05) is 23.8 Å². The Balaban J connectivity index is 1.82. The lowest BCUT2D eigenvalue weighted by molar-refractivity contribution is 0.102. The number of carbonyl (C=O) groups is 1. The molecule has 0 fully saturated rings. The molecule has 0 spiro atoms. The zero-order chi connectivity index (χ0) is 21.2. The lowest BCUT2D eigenvalue weighted by Crippen LogP contribution is -2.15. The molecule has 2 aromatic carbocycles. The Labute approximate surface area is 173 Å². The molecule has 1 amide bonds. The predicted molar refractivity (Wildman–Crippen MR) is 115 cm³/mol. The SMILES string of the molecule is Cc1ccc(S(=O)(=O)Nc2cccc(C(=O)Nc3sc(C)c(C)c3C#N)c2)cc1. The number of thiophene rings is 1. The topological polar surface area (TPSA) is 99.1 Å². The highest BCUT2D eigenvalue weighted by Gasteiger charge is 2.17. The first kappa shape index (κ1) is 20.6. The fourth-order valence-corrected chi connectivity index (χ4v) is 4.74. The monoisotopic (exact) mass is 425 g/mol. The van der Waals surface area contributed by atoms with Gasteiger partial charge in [0.1, 0.15) is 11.1 Å². The fraction of sp³-hybridized carbons (Fsp3) is 0.143. The molecule has 0 aliphatic carbocycles. The maximum Gasteiger partial charge on any atom is 0.261 e. The van der Waals surface area contributed by atoms with Gasteiger partial charge in [-0.15, -0.1) is 11.3 Å². The summed E-state index contributed by atoms with van der Waals surface area (Å²) in [5, 5.41) is 12.6. The number of sulfonamides is 1. The molecule has 2 N–H and O–H groups in total. The maximum absolute atomic E-state index is 12.6. The number of amides is 1. The number of nitrogens with one attached hydrogen (secondary N) is 2. The van der Waals surface area contributed by atoms with E-state index in [1.54, 1.807) is 30.3 Å². The van der Waals surface area contributed by atoms with Gasteiger partial charge in [-0.25, -0.2) is 8.42 Å². The van der Waals surface area contributed by atoms with Crippen LogP contribution in [0.4, 0.5) is 10.7 Å². The Bertz CT molecular complexity index is 1220. The van der Waals surface area contributed by atoms with Crippen LogP contribution in [0.15, 0.2) is 53.4 Å². The molecule has 1 heterocycles. The van der Waals surface area contributed by atoms with Crippen molar-refractivity contribution in [3.63, 3.8) is 0 Å². The third-order valence-electron chi connectivity index (χ3n) is 4.43. The van der Waals surface area contributed by atoms with Gasteiger partial charge in [0.25, 0.3) is 15.9 Å². The fourth-order valence-electron chi connectivity index (χ4n) is 2.68. The van der Waals surface area contributed by atoms with Crippen LogP contribution in [0.5, 0.6) is 0 Å². The van der Waals surface area contributed by atoms with E-state index in [1.165, 1.54) is 29.5 Å². The molecule has 0 radical (unpaired) electrons. The number of carbonyl (C=O) groups excluding carboxylic acids is 1.